The van der Waals surface area contributed by atoms with Crippen LogP contribution in [0, 0.1) is 0 Å². The molecule has 12 nitrogen and oxygen atoms in total. The molecule has 15 heteroatoms. The van der Waals surface area contributed by atoms with Crippen molar-refractivity contribution >= 4 is 43.5 Å². The van der Waals surface area contributed by atoms with Gasteiger partial charge >= 0.3 is 0 Å². The van der Waals surface area contributed by atoms with Crippen molar-refractivity contribution in [2.45, 2.75) is 66.9 Å². The zero-order chi connectivity index (χ0) is 35.8. The number of unbranched alkanes of at least 4 members (excludes halogenated alkanes) is 1. The molecule has 0 saturated heterocycles. The van der Waals surface area contributed by atoms with E-state index in [1.807, 2.05) is 43.5 Å². The van der Waals surface area contributed by atoms with Gasteiger partial charge in [0.2, 0.25) is 5.91 Å². The first kappa shape index (κ1) is 38.2. The zero-order valence-electron chi connectivity index (χ0n) is 27.6. The van der Waals surface area contributed by atoms with Crippen LogP contribution in [0.25, 0.3) is 0 Å². The number of phenols is 1. The van der Waals surface area contributed by atoms with Crippen LogP contribution in [0.5, 0.6) is 11.5 Å². The predicted molar refractivity (Wildman–Crippen MR) is 188 cm³/mol. The van der Waals surface area contributed by atoms with Gasteiger partial charge in [0.1, 0.15) is 17.5 Å². The van der Waals surface area contributed by atoms with Gasteiger partial charge in [0, 0.05) is 23.0 Å². The Kier molecular flexibility index (Phi) is 12.8. The van der Waals surface area contributed by atoms with Crippen LogP contribution in [-0.2, 0) is 29.5 Å². The van der Waals surface area contributed by atoms with Crippen molar-refractivity contribution in [3.05, 3.63) is 83.4 Å². The molecule has 4 rings (SSSR count). The van der Waals surface area contributed by atoms with E-state index in [1.54, 1.807) is 6.07 Å². The number of aromatic hydroxyl groups is 1. The first-order valence-corrected chi connectivity index (χ1v) is 20.4. The van der Waals surface area contributed by atoms with E-state index >= 15 is 0 Å². The number of benzene rings is 3. The van der Waals surface area contributed by atoms with E-state index in [9.17, 15) is 31.5 Å². The van der Waals surface area contributed by atoms with E-state index in [2.05, 4.69) is 22.9 Å². The molecule has 0 aromatic heterocycles. The number of carbonyl (C=O) groups excluding carboxylic acids is 2. The molecular formula is C34H43N3O9S3. The maximum Gasteiger partial charge on any atom is 0.266 e. The Morgan fingerprint density at radius 2 is 1.80 bits per heavy atom. The number of phenolic OH excluding ortho intramolecular Hbond substituents is 1. The summed E-state index contributed by atoms with van der Waals surface area (Å²) < 4.78 is 65.5. The Hall–Kier alpha value is -3.63. The van der Waals surface area contributed by atoms with Crippen molar-refractivity contribution in [1.29, 1.82) is 0 Å². The average Bonchev–Trinajstić information content (AvgIpc) is 3.16. The molecule has 1 heterocycles. The van der Waals surface area contributed by atoms with Crippen molar-refractivity contribution < 1.29 is 40.8 Å². The molecule has 3 aromatic carbocycles. The van der Waals surface area contributed by atoms with Crippen molar-refractivity contribution in [2.75, 3.05) is 30.9 Å². The number of rotatable bonds is 15. The summed E-state index contributed by atoms with van der Waals surface area (Å²) in [5.74, 6) is -2.19. The highest BCUT2D eigenvalue weighted by molar-refractivity contribution is 7.98. The minimum atomic E-state index is -4.34. The summed E-state index contributed by atoms with van der Waals surface area (Å²) in [7, 11) is -8.17. The van der Waals surface area contributed by atoms with E-state index in [0.717, 1.165) is 18.4 Å². The highest BCUT2D eigenvalue weighted by Gasteiger charge is 2.42. The molecule has 0 saturated carbocycles. The van der Waals surface area contributed by atoms with Crippen molar-refractivity contribution in [3.63, 3.8) is 0 Å². The Bertz CT molecular complexity index is 1840. The maximum absolute atomic E-state index is 14.1. The van der Waals surface area contributed by atoms with Crippen LogP contribution in [0.15, 0.2) is 76.5 Å². The van der Waals surface area contributed by atoms with Gasteiger partial charge in [-0.3, -0.25) is 19.5 Å². The van der Waals surface area contributed by atoms with Gasteiger partial charge in [-0.05, 0) is 54.0 Å². The van der Waals surface area contributed by atoms with E-state index < -0.39 is 68.3 Å². The lowest BCUT2D eigenvalue weighted by Crippen LogP contribution is -2.50. The van der Waals surface area contributed by atoms with Crippen LogP contribution in [-0.4, -0.2) is 74.8 Å². The highest BCUT2D eigenvalue weighted by Crippen LogP contribution is 2.42. The molecule has 0 spiro atoms. The number of ether oxygens (including phenoxy) is 1. The molecule has 1 aliphatic rings. The van der Waals surface area contributed by atoms with Crippen molar-refractivity contribution in [3.8, 4) is 11.5 Å². The summed E-state index contributed by atoms with van der Waals surface area (Å²) in [4.78, 5) is 26.9. The van der Waals surface area contributed by atoms with Crippen molar-refractivity contribution in [2.24, 2.45) is 0 Å². The fourth-order valence-electron chi connectivity index (χ4n) is 5.86. The minimum absolute atomic E-state index is 0.0713. The molecule has 0 aliphatic carbocycles. The molecule has 3 aromatic rings. The fraction of sp³-hybridized carbons (Fsp3) is 0.412. The van der Waals surface area contributed by atoms with E-state index in [-0.39, 0.29) is 22.1 Å². The van der Waals surface area contributed by atoms with Gasteiger partial charge < -0.3 is 20.5 Å². The molecule has 0 bridgehead atoms. The van der Waals surface area contributed by atoms with E-state index in [0.29, 0.717) is 28.9 Å². The van der Waals surface area contributed by atoms with Crippen LogP contribution in [0.3, 0.4) is 0 Å². The third-order valence-electron chi connectivity index (χ3n) is 8.49. The average molecular weight is 734 g/mol. The monoisotopic (exact) mass is 733 g/mol. The summed E-state index contributed by atoms with van der Waals surface area (Å²) in [5, 5.41) is 18.4. The van der Waals surface area contributed by atoms with Gasteiger partial charge in [0.05, 0.1) is 22.4 Å². The van der Waals surface area contributed by atoms with E-state index in [4.69, 9.17) is 9.29 Å². The standard InChI is InChI=1S/C34H43N3O9S3/c1-4-6-16-34(5-2)22-48(41,42)29-20-27(28(47-3)19-26(29)31(37-34)23-10-8-7-9-11-23)46-21-30(39)36-32(24-12-14-25(38)15-13-24)33(40)35-17-18-49(43,44)45/h7-15,19-20,31-32,37-38H,4-6,16-18,21-22H2,1-3H3,(H,35,40)(H,36,39)(H,43,44,45). The third-order valence-corrected chi connectivity index (χ3v) is 11.9. The second-order valence-electron chi connectivity index (χ2n) is 12.0. The molecule has 5 N–H and O–H groups in total. The molecule has 3 unspecified atom stereocenters. The lowest BCUT2D eigenvalue weighted by Gasteiger charge is -2.36. The second-order valence-corrected chi connectivity index (χ2v) is 16.4. The number of fused-ring (bicyclic) bond motifs is 1. The number of thioether (sulfide) groups is 1. The summed E-state index contributed by atoms with van der Waals surface area (Å²) in [6.45, 7) is 3.09. The fourth-order valence-corrected chi connectivity index (χ4v) is 8.92. The number of hydrogen-bond donors (Lipinski definition) is 5. The topological polar surface area (TPSA) is 188 Å². The van der Waals surface area contributed by atoms with Gasteiger partial charge in [0.25, 0.3) is 16.0 Å². The Labute approximate surface area is 292 Å². The number of nitrogens with one attached hydrogen (secondary N) is 3. The van der Waals surface area contributed by atoms with Crippen molar-refractivity contribution in [1.82, 2.24) is 16.0 Å². The molecule has 1 aliphatic heterocycles. The number of carbonyl (C=O) groups is 2. The molecule has 3 atom stereocenters. The number of amides is 2. The SMILES string of the molecule is CCCCC1(CC)CS(=O)(=O)c2cc(OCC(=O)NC(C(=O)NCCS(=O)(=O)O)c3ccc(O)cc3)c(SC)cc2C(c2ccccc2)N1. The van der Waals surface area contributed by atoms with Gasteiger partial charge in [-0.25, -0.2) is 8.42 Å². The summed E-state index contributed by atoms with van der Waals surface area (Å²) in [6, 6.07) is 16.7. The smallest absolute Gasteiger partial charge is 0.266 e. The van der Waals surface area contributed by atoms with Gasteiger partial charge in [0.15, 0.2) is 16.4 Å². The summed E-state index contributed by atoms with van der Waals surface area (Å²) >= 11 is 1.34. The maximum atomic E-state index is 14.1. The molecule has 266 valence electrons. The van der Waals surface area contributed by atoms with Crippen LogP contribution >= 0.6 is 11.8 Å². The summed E-state index contributed by atoms with van der Waals surface area (Å²) in [6.07, 6.45) is 4.88. The zero-order valence-corrected chi connectivity index (χ0v) is 30.1. The second kappa shape index (κ2) is 16.4. The van der Waals surface area contributed by atoms with Crippen LogP contribution in [0.1, 0.15) is 68.3 Å². The Morgan fingerprint density at radius 3 is 2.41 bits per heavy atom. The lowest BCUT2D eigenvalue weighted by atomic mass is 9.88. The Morgan fingerprint density at radius 1 is 1.10 bits per heavy atom. The largest absolute Gasteiger partial charge is 0.508 e. The van der Waals surface area contributed by atoms with Gasteiger partial charge in [-0.2, -0.15) is 8.42 Å². The normalized spacial score (nSPS) is 19.2. The predicted octanol–water partition coefficient (Wildman–Crippen LogP) is 4.16. The highest BCUT2D eigenvalue weighted by atomic mass is 32.2. The summed E-state index contributed by atoms with van der Waals surface area (Å²) in [5.41, 5.74) is 1.14. The molecular weight excluding hydrogens is 691 g/mol. The van der Waals surface area contributed by atoms with Crippen LogP contribution in [0.4, 0.5) is 0 Å². The quantitative estimate of drug-likeness (QED) is 0.112. The van der Waals surface area contributed by atoms with Crippen LogP contribution in [0.2, 0.25) is 0 Å². The molecule has 0 fully saturated rings. The van der Waals surface area contributed by atoms with Gasteiger partial charge in [-0.15, -0.1) is 11.8 Å². The molecule has 0 radical (unpaired) electrons. The number of hydrogen-bond acceptors (Lipinski definition) is 10. The first-order valence-electron chi connectivity index (χ1n) is 15.9. The first-order chi connectivity index (χ1) is 23.2. The third kappa shape index (κ3) is 9.97. The van der Waals surface area contributed by atoms with Crippen LogP contribution < -0.4 is 20.7 Å². The van der Waals surface area contributed by atoms with Gasteiger partial charge in [-0.1, -0.05) is 69.2 Å². The van der Waals surface area contributed by atoms with E-state index in [1.165, 1.54) is 42.1 Å². The lowest BCUT2D eigenvalue weighted by molar-refractivity contribution is -0.130. The minimum Gasteiger partial charge on any atom is -0.508 e. The Balaban J connectivity index is 1.64. The molecule has 2 amide bonds. The molecule has 49 heavy (non-hydrogen) atoms. The number of sulfone groups is 1.